The van der Waals surface area contributed by atoms with Gasteiger partial charge in [0.25, 0.3) is 11.8 Å². The van der Waals surface area contributed by atoms with Crippen molar-refractivity contribution in [2.45, 2.75) is 20.0 Å². The number of pyridine rings is 2. The van der Waals surface area contributed by atoms with Crippen LogP contribution < -0.4 is 9.64 Å². The highest BCUT2D eigenvalue weighted by atomic mass is 19.1. The molecule has 0 bridgehead atoms. The molecule has 1 aliphatic heterocycles. The van der Waals surface area contributed by atoms with Gasteiger partial charge in [-0.1, -0.05) is 12.1 Å². The van der Waals surface area contributed by atoms with E-state index < -0.39 is 29.6 Å². The topological polar surface area (TPSA) is 107 Å². The summed E-state index contributed by atoms with van der Waals surface area (Å²) < 4.78 is 36.7. The zero-order valence-corrected chi connectivity index (χ0v) is 21.1. The Balaban J connectivity index is 1.51. The van der Waals surface area contributed by atoms with Crippen molar-refractivity contribution in [2.75, 3.05) is 4.90 Å². The van der Waals surface area contributed by atoms with Gasteiger partial charge in [0.05, 0.1) is 16.8 Å². The zero-order valence-electron chi connectivity index (χ0n) is 21.1. The third kappa shape index (κ3) is 4.08. The number of aromatic nitrogens is 4. The summed E-state index contributed by atoms with van der Waals surface area (Å²) in [5, 5.41) is 4.29. The highest BCUT2D eigenvalue weighted by Crippen LogP contribution is 2.38. The molecule has 1 aliphatic rings. The Morgan fingerprint density at radius 1 is 0.950 bits per heavy atom. The van der Waals surface area contributed by atoms with Crippen molar-refractivity contribution < 1.29 is 27.9 Å². The molecule has 0 unspecified atom stereocenters. The van der Waals surface area contributed by atoms with E-state index in [0.717, 1.165) is 11.0 Å². The van der Waals surface area contributed by atoms with Gasteiger partial charge in [0, 0.05) is 30.8 Å². The Morgan fingerprint density at radius 2 is 1.68 bits per heavy atom. The summed E-state index contributed by atoms with van der Waals surface area (Å²) in [6.07, 6.45) is 2.36. The second-order valence-electron chi connectivity index (χ2n) is 9.13. The van der Waals surface area contributed by atoms with E-state index in [0.29, 0.717) is 17.4 Å². The Morgan fingerprint density at radius 3 is 2.33 bits per heavy atom. The van der Waals surface area contributed by atoms with Crippen molar-refractivity contribution in [3.63, 3.8) is 0 Å². The maximum absolute atomic E-state index is 14.8. The van der Waals surface area contributed by atoms with E-state index in [1.807, 2.05) is 0 Å². The molecule has 5 aromatic rings. The molecule has 1 atom stereocenters. The molecule has 2 aromatic carbocycles. The normalized spacial score (nSPS) is 13.6. The van der Waals surface area contributed by atoms with Gasteiger partial charge in [-0.05, 0) is 49.4 Å². The Bertz CT molecular complexity index is 1820. The number of rotatable bonds is 6. The van der Waals surface area contributed by atoms with Gasteiger partial charge < -0.3 is 4.74 Å². The molecular formula is C29H19F2N5O4. The summed E-state index contributed by atoms with van der Waals surface area (Å²) in [6, 6.07) is 14.2. The third-order valence-corrected chi connectivity index (χ3v) is 6.49. The van der Waals surface area contributed by atoms with Gasteiger partial charge in [-0.2, -0.15) is 5.10 Å². The molecule has 2 amide bonds. The monoisotopic (exact) mass is 539 g/mol. The van der Waals surface area contributed by atoms with Crippen molar-refractivity contribution in [2.24, 2.45) is 0 Å². The lowest BCUT2D eigenvalue weighted by Crippen LogP contribution is -2.31. The number of fused-ring (bicyclic) bond motifs is 2. The molecule has 6 rings (SSSR count). The summed E-state index contributed by atoms with van der Waals surface area (Å²) in [7, 11) is 0. The first kappa shape index (κ1) is 25.0. The van der Waals surface area contributed by atoms with Crippen LogP contribution in [0.25, 0.3) is 16.6 Å². The molecule has 9 nitrogen and oxygen atoms in total. The second kappa shape index (κ2) is 9.45. The lowest BCUT2D eigenvalue weighted by atomic mass is 10.1. The van der Waals surface area contributed by atoms with E-state index >= 15 is 0 Å². The van der Waals surface area contributed by atoms with Crippen LogP contribution in [0.4, 0.5) is 14.6 Å². The smallest absolute Gasteiger partial charge is 0.267 e. The number of Topliss-reactive ketones (excluding diaryl/α,β-unsaturated/α-hetero) is 1. The maximum Gasteiger partial charge on any atom is 0.267 e. The molecule has 0 aliphatic carbocycles. The third-order valence-electron chi connectivity index (χ3n) is 6.49. The van der Waals surface area contributed by atoms with E-state index in [-0.39, 0.29) is 45.1 Å². The average Bonchev–Trinajstić information content (AvgIpc) is 3.55. The summed E-state index contributed by atoms with van der Waals surface area (Å²) in [6.45, 7) is 3.02. The molecule has 11 heteroatoms. The molecule has 0 saturated heterocycles. The minimum Gasteiger partial charge on any atom is -0.480 e. The van der Waals surface area contributed by atoms with Crippen molar-refractivity contribution in [1.82, 2.24) is 19.7 Å². The molecule has 4 heterocycles. The quantitative estimate of drug-likeness (QED) is 0.215. The Hall–Kier alpha value is -5.32. The fraction of sp³-hybridized carbons (Fsp3) is 0.103. The molecule has 40 heavy (non-hydrogen) atoms. The van der Waals surface area contributed by atoms with Crippen LogP contribution in [-0.4, -0.2) is 37.3 Å². The minimum absolute atomic E-state index is 0.0535. The SMILES string of the molecule is CC(=O)c1ccc(-n2cccn2)c([C@H](C)Oc2cc3cc(F)cc(F)c3nc2N2C(=O)c3ccccc3C2=O)n1. The van der Waals surface area contributed by atoms with Gasteiger partial charge in [-0.15, -0.1) is 0 Å². The number of carbonyl (C=O) groups excluding carboxylic acids is 3. The summed E-state index contributed by atoms with van der Waals surface area (Å²) in [4.78, 5) is 48.3. The summed E-state index contributed by atoms with van der Waals surface area (Å²) in [5.41, 5.74) is 1.07. The zero-order chi connectivity index (χ0) is 28.1. The lowest BCUT2D eigenvalue weighted by molar-refractivity contribution is 0.0920. The number of nitrogens with zero attached hydrogens (tertiary/aromatic N) is 5. The molecule has 0 saturated carbocycles. The lowest BCUT2D eigenvalue weighted by Gasteiger charge is -2.22. The fourth-order valence-corrected chi connectivity index (χ4v) is 4.62. The van der Waals surface area contributed by atoms with E-state index in [2.05, 4.69) is 15.1 Å². The number of amides is 2. The molecular weight excluding hydrogens is 520 g/mol. The van der Waals surface area contributed by atoms with Crippen LogP contribution in [0, 0.1) is 11.6 Å². The predicted molar refractivity (Wildman–Crippen MR) is 140 cm³/mol. The first-order valence-corrected chi connectivity index (χ1v) is 12.2. The van der Waals surface area contributed by atoms with Crippen LogP contribution in [0.3, 0.4) is 0 Å². The average molecular weight is 539 g/mol. The van der Waals surface area contributed by atoms with Crippen LogP contribution >= 0.6 is 0 Å². The Kier molecular flexibility index (Phi) is 5.91. The van der Waals surface area contributed by atoms with Crippen LogP contribution in [0.5, 0.6) is 5.75 Å². The van der Waals surface area contributed by atoms with Gasteiger partial charge in [-0.3, -0.25) is 14.4 Å². The number of carbonyl (C=O) groups is 3. The van der Waals surface area contributed by atoms with Gasteiger partial charge in [0.1, 0.15) is 28.8 Å². The van der Waals surface area contributed by atoms with Crippen molar-refractivity contribution in [1.29, 1.82) is 0 Å². The number of imide groups is 1. The molecule has 0 N–H and O–H groups in total. The van der Waals surface area contributed by atoms with Crippen molar-refractivity contribution >= 4 is 34.3 Å². The number of hydrogen-bond donors (Lipinski definition) is 0. The highest BCUT2D eigenvalue weighted by Gasteiger charge is 2.39. The largest absolute Gasteiger partial charge is 0.480 e. The number of ketones is 1. The first-order chi connectivity index (χ1) is 19.2. The highest BCUT2D eigenvalue weighted by molar-refractivity contribution is 6.34. The van der Waals surface area contributed by atoms with Gasteiger partial charge in [0.2, 0.25) is 0 Å². The predicted octanol–water partition coefficient (Wildman–Crippen LogP) is 5.24. The van der Waals surface area contributed by atoms with E-state index in [1.165, 1.54) is 25.1 Å². The van der Waals surface area contributed by atoms with Gasteiger partial charge >= 0.3 is 0 Å². The summed E-state index contributed by atoms with van der Waals surface area (Å²) >= 11 is 0. The summed E-state index contributed by atoms with van der Waals surface area (Å²) in [5.74, 6) is -3.77. The molecule has 3 aromatic heterocycles. The van der Waals surface area contributed by atoms with Crippen LogP contribution in [0.15, 0.2) is 73.1 Å². The van der Waals surface area contributed by atoms with Crippen molar-refractivity contribution in [3.8, 4) is 11.4 Å². The number of hydrogen-bond acceptors (Lipinski definition) is 7. The number of anilines is 1. The second-order valence-corrected chi connectivity index (χ2v) is 9.13. The number of halogens is 2. The van der Waals surface area contributed by atoms with E-state index in [4.69, 9.17) is 4.74 Å². The molecule has 198 valence electrons. The van der Waals surface area contributed by atoms with Crippen molar-refractivity contribution in [3.05, 3.63) is 107 Å². The first-order valence-electron chi connectivity index (χ1n) is 12.2. The van der Waals surface area contributed by atoms with Gasteiger partial charge in [-0.25, -0.2) is 28.3 Å². The fourth-order valence-electron chi connectivity index (χ4n) is 4.62. The van der Waals surface area contributed by atoms with Gasteiger partial charge in [0.15, 0.2) is 23.2 Å². The number of benzene rings is 2. The number of ether oxygens (including phenoxy) is 1. The molecule has 0 fully saturated rings. The van der Waals surface area contributed by atoms with E-state index in [1.54, 1.807) is 54.3 Å². The minimum atomic E-state index is -0.968. The van der Waals surface area contributed by atoms with Crippen LogP contribution in [0.2, 0.25) is 0 Å². The van der Waals surface area contributed by atoms with E-state index in [9.17, 15) is 23.2 Å². The molecule has 0 radical (unpaired) electrons. The standard InChI is InChI=1S/C29H19F2N5O4/c1-15(37)22-8-9-23(35-11-5-10-32-35)25(33-22)16(2)40-24-13-17-12-18(30)14-21(31)26(17)34-27(24)36-28(38)19-6-3-4-7-20(19)29(36)39/h3-14,16H,1-2H3/t16-/m0/s1. The van der Waals surface area contributed by atoms with Crippen LogP contribution in [0.1, 0.15) is 56.8 Å². The maximum atomic E-state index is 14.8. The molecule has 0 spiro atoms. The van der Waals surface area contributed by atoms with Crippen LogP contribution in [-0.2, 0) is 0 Å². The Labute approximate surface area is 225 Å².